The standard InChI is InChI=1S/C18H21N5OS/c1-12-7-14(19)8-15(21-12)16-11-23(4-5-24-16)10-13-9-20-22-18(13)17-3-2-6-25-17/h2-3,6-9,16H,4-5,10-11H2,1H3,(H2,19,21)(H,20,22). The van der Waals surface area contributed by atoms with E-state index in [4.69, 9.17) is 10.5 Å². The molecular formula is C18H21N5OS. The number of aromatic nitrogens is 3. The Balaban J connectivity index is 1.50. The molecule has 1 unspecified atom stereocenters. The van der Waals surface area contributed by atoms with Crippen LogP contribution >= 0.6 is 11.3 Å². The van der Waals surface area contributed by atoms with Gasteiger partial charge < -0.3 is 10.5 Å². The molecule has 7 heteroatoms. The number of thiophene rings is 1. The molecule has 0 aromatic carbocycles. The van der Waals surface area contributed by atoms with Crippen molar-refractivity contribution < 1.29 is 4.74 Å². The number of morpholine rings is 1. The summed E-state index contributed by atoms with van der Waals surface area (Å²) in [5.41, 5.74) is 10.8. The molecule has 1 fully saturated rings. The van der Waals surface area contributed by atoms with E-state index >= 15 is 0 Å². The van der Waals surface area contributed by atoms with E-state index < -0.39 is 0 Å². The van der Waals surface area contributed by atoms with Gasteiger partial charge in [0.05, 0.1) is 29.1 Å². The molecule has 1 atom stereocenters. The molecular weight excluding hydrogens is 334 g/mol. The van der Waals surface area contributed by atoms with Crippen molar-refractivity contribution >= 4 is 17.0 Å². The minimum atomic E-state index is -0.0481. The first-order valence-corrected chi connectivity index (χ1v) is 9.21. The number of nitrogens with one attached hydrogen (secondary N) is 1. The number of hydrogen-bond acceptors (Lipinski definition) is 6. The van der Waals surface area contributed by atoms with Crippen LogP contribution in [0.25, 0.3) is 10.6 Å². The summed E-state index contributed by atoms with van der Waals surface area (Å²) in [6, 6.07) is 7.96. The molecule has 4 rings (SSSR count). The Morgan fingerprint density at radius 3 is 3.16 bits per heavy atom. The van der Waals surface area contributed by atoms with Gasteiger partial charge in [-0.05, 0) is 30.5 Å². The lowest BCUT2D eigenvalue weighted by Crippen LogP contribution is -2.38. The lowest BCUT2D eigenvalue weighted by molar-refractivity contribution is -0.0349. The molecule has 0 aliphatic carbocycles. The zero-order chi connectivity index (χ0) is 17.2. The summed E-state index contributed by atoms with van der Waals surface area (Å²) in [5, 5.41) is 9.45. The summed E-state index contributed by atoms with van der Waals surface area (Å²) in [6.07, 6.45) is 1.87. The van der Waals surface area contributed by atoms with Crippen LogP contribution < -0.4 is 5.73 Å². The summed E-state index contributed by atoms with van der Waals surface area (Å²) in [7, 11) is 0. The number of H-pyrrole nitrogens is 1. The highest BCUT2D eigenvalue weighted by atomic mass is 32.1. The number of hydrogen-bond donors (Lipinski definition) is 2. The topological polar surface area (TPSA) is 80.1 Å². The van der Waals surface area contributed by atoms with Crippen LogP contribution in [-0.4, -0.2) is 39.8 Å². The number of nitrogens with two attached hydrogens (primary N) is 1. The van der Waals surface area contributed by atoms with Gasteiger partial charge >= 0.3 is 0 Å². The first-order valence-electron chi connectivity index (χ1n) is 8.33. The fourth-order valence-electron chi connectivity index (χ4n) is 3.22. The van der Waals surface area contributed by atoms with E-state index in [9.17, 15) is 0 Å². The number of ether oxygens (including phenoxy) is 1. The van der Waals surface area contributed by atoms with E-state index in [1.54, 1.807) is 11.3 Å². The van der Waals surface area contributed by atoms with Gasteiger partial charge in [0.25, 0.3) is 0 Å². The van der Waals surface area contributed by atoms with E-state index in [1.165, 1.54) is 10.4 Å². The van der Waals surface area contributed by atoms with Crippen LogP contribution in [0.4, 0.5) is 5.69 Å². The zero-order valence-electron chi connectivity index (χ0n) is 14.1. The molecule has 130 valence electrons. The Kier molecular flexibility index (Phi) is 4.52. The number of nitrogen functional groups attached to an aromatic ring is 1. The van der Waals surface area contributed by atoms with Crippen molar-refractivity contribution in [3.63, 3.8) is 0 Å². The maximum Gasteiger partial charge on any atom is 0.112 e. The van der Waals surface area contributed by atoms with Gasteiger partial charge in [-0.1, -0.05) is 6.07 Å². The van der Waals surface area contributed by atoms with Gasteiger partial charge in [0.15, 0.2) is 0 Å². The minimum absolute atomic E-state index is 0.0481. The summed E-state index contributed by atoms with van der Waals surface area (Å²) in [6.45, 7) is 5.17. The van der Waals surface area contributed by atoms with Crippen LogP contribution in [0, 0.1) is 6.92 Å². The van der Waals surface area contributed by atoms with Gasteiger partial charge in [-0.3, -0.25) is 15.0 Å². The van der Waals surface area contributed by atoms with E-state index in [0.717, 1.165) is 42.4 Å². The third kappa shape index (κ3) is 3.58. The second-order valence-corrected chi connectivity index (χ2v) is 7.26. The Hall–Kier alpha value is -2.22. The fraction of sp³-hybridized carbons (Fsp3) is 0.333. The quantitative estimate of drug-likeness (QED) is 0.752. The van der Waals surface area contributed by atoms with Gasteiger partial charge in [0.2, 0.25) is 0 Å². The highest BCUT2D eigenvalue weighted by Crippen LogP contribution is 2.28. The van der Waals surface area contributed by atoms with Crippen molar-refractivity contribution in [2.24, 2.45) is 0 Å². The second kappa shape index (κ2) is 6.95. The van der Waals surface area contributed by atoms with Crippen LogP contribution in [0.2, 0.25) is 0 Å². The van der Waals surface area contributed by atoms with Crippen LogP contribution in [0.1, 0.15) is 23.1 Å². The molecule has 25 heavy (non-hydrogen) atoms. The molecule has 1 aliphatic heterocycles. The predicted octanol–water partition coefficient (Wildman–Crippen LogP) is 3.00. The predicted molar refractivity (Wildman–Crippen MR) is 99.3 cm³/mol. The minimum Gasteiger partial charge on any atom is -0.399 e. The second-order valence-electron chi connectivity index (χ2n) is 6.31. The molecule has 3 N–H and O–H groups in total. The molecule has 0 spiro atoms. The number of aromatic amines is 1. The van der Waals surface area contributed by atoms with E-state index in [2.05, 4.69) is 37.6 Å². The molecule has 0 radical (unpaired) electrons. The lowest BCUT2D eigenvalue weighted by atomic mass is 10.1. The number of nitrogens with zero attached hydrogens (tertiary/aromatic N) is 3. The van der Waals surface area contributed by atoms with Gasteiger partial charge in [-0.2, -0.15) is 5.10 Å². The van der Waals surface area contributed by atoms with Crippen LogP contribution in [0.15, 0.2) is 35.8 Å². The maximum absolute atomic E-state index is 5.96. The molecule has 4 heterocycles. The molecule has 0 amide bonds. The Bertz CT molecular complexity index is 825. The monoisotopic (exact) mass is 355 g/mol. The molecule has 0 bridgehead atoms. The van der Waals surface area contributed by atoms with Gasteiger partial charge in [-0.15, -0.1) is 11.3 Å². The first kappa shape index (κ1) is 16.3. The van der Waals surface area contributed by atoms with E-state index in [-0.39, 0.29) is 6.10 Å². The maximum atomic E-state index is 5.96. The van der Waals surface area contributed by atoms with Crippen LogP contribution in [0.5, 0.6) is 0 Å². The SMILES string of the molecule is Cc1cc(N)cc(C2CN(Cc3cn[nH]c3-c3cccs3)CCO2)n1. The Labute approximate surface area is 150 Å². The third-order valence-corrected chi connectivity index (χ3v) is 5.24. The van der Waals surface area contributed by atoms with Crippen molar-refractivity contribution in [1.29, 1.82) is 0 Å². The van der Waals surface area contributed by atoms with Crippen molar-refractivity contribution in [3.8, 4) is 10.6 Å². The summed E-state index contributed by atoms with van der Waals surface area (Å²) >= 11 is 1.72. The zero-order valence-corrected chi connectivity index (χ0v) is 14.9. The largest absolute Gasteiger partial charge is 0.399 e. The van der Waals surface area contributed by atoms with Crippen molar-refractivity contribution in [1.82, 2.24) is 20.1 Å². The molecule has 3 aromatic heterocycles. The highest BCUT2D eigenvalue weighted by Gasteiger charge is 2.24. The highest BCUT2D eigenvalue weighted by molar-refractivity contribution is 7.13. The lowest BCUT2D eigenvalue weighted by Gasteiger charge is -2.32. The molecule has 3 aromatic rings. The van der Waals surface area contributed by atoms with Gasteiger partial charge in [-0.25, -0.2) is 0 Å². The number of rotatable bonds is 4. The van der Waals surface area contributed by atoms with Crippen LogP contribution in [-0.2, 0) is 11.3 Å². The number of aryl methyl sites for hydroxylation is 1. The normalized spacial score (nSPS) is 18.5. The molecule has 1 aliphatic rings. The van der Waals surface area contributed by atoms with Crippen LogP contribution in [0.3, 0.4) is 0 Å². The van der Waals surface area contributed by atoms with Gasteiger partial charge in [0.1, 0.15) is 6.10 Å². The first-order chi connectivity index (χ1) is 12.2. The Morgan fingerprint density at radius 1 is 1.44 bits per heavy atom. The molecule has 0 saturated carbocycles. The van der Waals surface area contributed by atoms with Crippen molar-refractivity contribution in [3.05, 3.63) is 52.8 Å². The summed E-state index contributed by atoms with van der Waals surface area (Å²) in [4.78, 5) is 8.20. The number of pyridine rings is 1. The van der Waals surface area contributed by atoms with Gasteiger partial charge in [0, 0.05) is 36.6 Å². The van der Waals surface area contributed by atoms with E-state index in [0.29, 0.717) is 6.61 Å². The summed E-state index contributed by atoms with van der Waals surface area (Å²) < 4.78 is 5.94. The average Bonchev–Trinajstić information content (AvgIpc) is 3.25. The van der Waals surface area contributed by atoms with Crippen molar-refractivity contribution in [2.75, 3.05) is 25.4 Å². The average molecular weight is 355 g/mol. The summed E-state index contributed by atoms with van der Waals surface area (Å²) in [5.74, 6) is 0. The molecule has 1 saturated heterocycles. The Morgan fingerprint density at radius 2 is 2.36 bits per heavy atom. The third-order valence-electron chi connectivity index (χ3n) is 4.36. The fourth-order valence-corrected chi connectivity index (χ4v) is 3.97. The van der Waals surface area contributed by atoms with E-state index in [1.807, 2.05) is 25.3 Å². The number of anilines is 1. The smallest absolute Gasteiger partial charge is 0.112 e. The molecule has 6 nitrogen and oxygen atoms in total. The van der Waals surface area contributed by atoms with Crippen molar-refractivity contribution in [2.45, 2.75) is 19.6 Å².